The van der Waals surface area contributed by atoms with Crippen molar-refractivity contribution in [2.75, 3.05) is 13.1 Å². The van der Waals surface area contributed by atoms with Crippen LogP contribution in [0.5, 0.6) is 0 Å². The van der Waals surface area contributed by atoms with Crippen LogP contribution < -0.4 is 5.32 Å². The van der Waals surface area contributed by atoms with Crippen molar-refractivity contribution >= 4 is 0 Å². The molecule has 1 aromatic rings. The van der Waals surface area contributed by atoms with Crippen molar-refractivity contribution in [1.82, 2.24) is 5.32 Å². The van der Waals surface area contributed by atoms with Gasteiger partial charge >= 0.3 is 6.18 Å². The van der Waals surface area contributed by atoms with Gasteiger partial charge < -0.3 is 5.32 Å². The van der Waals surface area contributed by atoms with Crippen molar-refractivity contribution in [2.24, 2.45) is 5.41 Å². The smallest absolute Gasteiger partial charge is 0.316 e. The van der Waals surface area contributed by atoms with Gasteiger partial charge in [0.15, 0.2) is 11.6 Å². The van der Waals surface area contributed by atoms with Crippen LogP contribution in [0.1, 0.15) is 29.9 Å². The number of halogens is 5. The molecule has 1 heterocycles. The zero-order chi connectivity index (χ0) is 13.8. The standard InChI is InChI=1S/C13H12F5N/c14-9-2-1-8(10(11(9)15)13(16,17)18)7-3-12(4-7)5-19-6-12/h1-2,7,19H,3-6H2. The first-order valence-electron chi connectivity index (χ1n) is 6.08. The van der Waals surface area contributed by atoms with Crippen molar-refractivity contribution < 1.29 is 22.0 Å². The highest BCUT2D eigenvalue weighted by molar-refractivity contribution is 5.37. The first kappa shape index (κ1) is 12.8. The molecule has 1 aliphatic carbocycles. The molecule has 0 bridgehead atoms. The maximum Gasteiger partial charge on any atom is 0.419 e. The first-order valence-corrected chi connectivity index (χ1v) is 6.08. The molecule has 1 aliphatic heterocycles. The Morgan fingerprint density at radius 1 is 1.11 bits per heavy atom. The predicted molar refractivity (Wildman–Crippen MR) is 58.6 cm³/mol. The van der Waals surface area contributed by atoms with Gasteiger partial charge in [-0.25, -0.2) is 8.78 Å². The van der Waals surface area contributed by atoms with Gasteiger partial charge in [-0.05, 0) is 35.8 Å². The molecule has 2 fully saturated rings. The van der Waals surface area contributed by atoms with E-state index in [1.807, 2.05) is 0 Å². The Morgan fingerprint density at radius 3 is 2.21 bits per heavy atom. The highest BCUT2D eigenvalue weighted by Gasteiger charge is 2.51. The van der Waals surface area contributed by atoms with Gasteiger partial charge in [0.25, 0.3) is 0 Å². The van der Waals surface area contributed by atoms with E-state index in [1.54, 1.807) is 0 Å². The van der Waals surface area contributed by atoms with E-state index in [4.69, 9.17) is 0 Å². The second-order valence-electron chi connectivity index (χ2n) is 5.53. The summed E-state index contributed by atoms with van der Waals surface area (Å²) in [6.45, 7) is 1.60. The Hall–Kier alpha value is -1.17. The predicted octanol–water partition coefficient (Wildman–Crippen LogP) is 3.45. The highest BCUT2D eigenvalue weighted by Crippen LogP contribution is 2.55. The number of rotatable bonds is 1. The lowest BCUT2D eigenvalue weighted by atomic mass is 9.56. The van der Waals surface area contributed by atoms with E-state index < -0.39 is 23.4 Å². The van der Waals surface area contributed by atoms with E-state index in [0.717, 1.165) is 25.2 Å². The SMILES string of the molecule is Fc1ccc(C2CC3(CNC3)C2)c(C(F)(F)F)c1F. The monoisotopic (exact) mass is 277 g/mol. The number of alkyl halides is 3. The summed E-state index contributed by atoms with van der Waals surface area (Å²) in [7, 11) is 0. The van der Waals surface area contributed by atoms with Crippen LogP contribution >= 0.6 is 0 Å². The molecule has 0 unspecified atom stereocenters. The summed E-state index contributed by atoms with van der Waals surface area (Å²) < 4.78 is 65.1. The Balaban J connectivity index is 1.95. The van der Waals surface area contributed by atoms with Gasteiger partial charge in [-0.3, -0.25) is 0 Å². The molecule has 2 aliphatic rings. The van der Waals surface area contributed by atoms with Crippen LogP contribution in [-0.2, 0) is 6.18 Å². The molecule has 1 saturated heterocycles. The largest absolute Gasteiger partial charge is 0.419 e. The number of nitrogens with one attached hydrogen (secondary N) is 1. The summed E-state index contributed by atoms with van der Waals surface area (Å²) in [5.74, 6) is -3.55. The van der Waals surface area contributed by atoms with Crippen molar-refractivity contribution in [2.45, 2.75) is 24.9 Å². The van der Waals surface area contributed by atoms with Crippen LogP contribution in [0.15, 0.2) is 12.1 Å². The van der Waals surface area contributed by atoms with E-state index in [1.165, 1.54) is 0 Å². The summed E-state index contributed by atoms with van der Waals surface area (Å²) in [5.41, 5.74) is -1.46. The second kappa shape index (κ2) is 3.91. The third-order valence-electron chi connectivity index (χ3n) is 4.21. The summed E-state index contributed by atoms with van der Waals surface area (Å²) in [6, 6.07) is 1.86. The van der Waals surface area contributed by atoms with Gasteiger partial charge in [0, 0.05) is 13.1 Å². The number of benzene rings is 1. The number of hydrogen-bond donors (Lipinski definition) is 1. The second-order valence-corrected chi connectivity index (χ2v) is 5.53. The molecule has 1 N–H and O–H groups in total. The minimum Gasteiger partial charge on any atom is -0.316 e. The Kier molecular flexibility index (Phi) is 2.64. The summed E-state index contributed by atoms with van der Waals surface area (Å²) in [4.78, 5) is 0. The molecule has 1 nitrogen and oxygen atoms in total. The Labute approximate surface area is 106 Å². The minimum absolute atomic E-state index is 0.0817. The Bertz CT molecular complexity index is 511. The third kappa shape index (κ3) is 1.93. The normalized spacial score (nSPS) is 22.2. The van der Waals surface area contributed by atoms with Crippen LogP contribution in [0.3, 0.4) is 0 Å². The van der Waals surface area contributed by atoms with E-state index in [9.17, 15) is 22.0 Å². The van der Waals surface area contributed by atoms with E-state index in [2.05, 4.69) is 5.32 Å². The molecule has 19 heavy (non-hydrogen) atoms. The quantitative estimate of drug-likeness (QED) is 0.775. The van der Waals surface area contributed by atoms with Crippen LogP contribution in [0.4, 0.5) is 22.0 Å². The molecule has 1 saturated carbocycles. The molecule has 0 atom stereocenters. The lowest BCUT2D eigenvalue weighted by molar-refractivity contribution is -0.141. The van der Waals surface area contributed by atoms with Gasteiger partial charge in [-0.15, -0.1) is 0 Å². The fraction of sp³-hybridized carbons (Fsp3) is 0.538. The van der Waals surface area contributed by atoms with Crippen molar-refractivity contribution in [3.63, 3.8) is 0 Å². The molecule has 0 aromatic heterocycles. The van der Waals surface area contributed by atoms with Gasteiger partial charge in [-0.1, -0.05) is 6.07 Å². The fourth-order valence-corrected chi connectivity index (χ4v) is 3.17. The van der Waals surface area contributed by atoms with Crippen LogP contribution in [0.25, 0.3) is 0 Å². The average molecular weight is 277 g/mol. The third-order valence-corrected chi connectivity index (χ3v) is 4.21. The topological polar surface area (TPSA) is 12.0 Å². The fourth-order valence-electron chi connectivity index (χ4n) is 3.17. The lowest BCUT2D eigenvalue weighted by Crippen LogP contribution is -2.59. The zero-order valence-corrected chi connectivity index (χ0v) is 9.95. The first-order chi connectivity index (χ1) is 8.82. The van der Waals surface area contributed by atoms with Gasteiger partial charge in [0.2, 0.25) is 0 Å². The zero-order valence-electron chi connectivity index (χ0n) is 9.95. The van der Waals surface area contributed by atoms with Gasteiger partial charge in [-0.2, -0.15) is 13.2 Å². The Morgan fingerprint density at radius 2 is 1.74 bits per heavy atom. The summed E-state index contributed by atoms with van der Waals surface area (Å²) >= 11 is 0. The van der Waals surface area contributed by atoms with Crippen LogP contribution in [0.2, 0.25) is 0 Å². The van der Waals surface area contributed by atoms with Crippen molar-refractivity contribution in [3.05, 3.63) is 34.9 Å². The van der Waals surface area contributed by atoms with E-state index in [0.29, 0.717) is 12.8 Å². The molecule has 1 aromatic carbocycles. The number of hydrogen-bond acceptors (Lipinski definition) is 1. The summed E-state index contributed by atoms with van der Waals surface area (Å²) in [5, 5.41) is 3.08. The molecule has 3 rings (SSSR count). The molecule has 104 valence electrons. The average Bonchev–Trinajstić information content (AvgIpc) is 2.17. The maximum atomic E-state index is 13.5. The molecule has 0 amide bonds. The van der Waals surface area contributed by atoms with E-state index >= 15 is 0 Å². The molecule has 1 spiro atoms. The van der Waals surface area contributed by atoms with Crippen LogP contribution in [-0.4, -0.2) is 13.1 Å². The lowest BCUT2D eigenvalue weighted by Gasteiger charge is -2.55. The van der Waals surface area contributed by atoms with Crippen molar-refractivity contribution in [3.8, 4) is 0 Å². The minimum atomic E-state index is -4.86. The maximum absolute atomic E-state index is 13.5. The molecule has 6 heteroatoms. The molecular weight excluding hydrogens is 265 g/mol. The van der Waals surface area contributed by atoms with Crippen molar-refractivity contribution in [1.29, 1.82) is 0 Å². The van der Waals surface area contributed by atoms with E-state index in [-0.39, 0.29) is 16.9 Å². The summed E-state index contributed by atoms with van der Waals surface area (Å²) in [6.07, 6.45) is -3.65. The van der Waals surface area contributed by atoms with Gasteiger partial charge in [0.05, 0.1) is 5.56 Å². The molecular formula is C13H12F5N. The highest BCUT2D eigenvalue weighted by atomic mass is 19.4. The van der Waals surface area contributed by atoms with Crippen LogP contribution in [0, 0.1) is 17.0 Å². The molecule has 0 radical (unpaired) electrons. The van der Waals surface area contributed by atoms with Gasteiger partial charge in [0.1, 0.15) is 0 Å².